The van der Waals surface area contributed by atoms with E-state index in [1.54, 1.807) is 12.1 Å². The summed E-state index contributed by atoms with van der Waals surface area (Å²) in [5.41, 5.74) is 5.41. The minimum absolute atomic E-state index is 0.254. The first-order chi connectivity index (χ1) is 11.1. The predicted octanol–water partition coefficient (Wildman–Crippen LogP) is 3.05. The summed E-state index contributed by atoms with van der Waals surface area (Å²) in [6, 6.07) is 17.9. The summed E-state index contributed by atoms with van der Waals surface area (Å²) < 4.78 is 12.8. The van der Waals surface area contributed by atoms with Gasteiger partial charge in [0.05, 0.1) is 0 Å². The van der Waals surface area contributed by atoms with E-state index in [1.165, 1.54) is 24.3 Å². The smallest absolute Gasteiger partial charge is 0.267 e. The molecule has 0 spiro atoms. The highest BCUT2D eigenvalue weighted by Gasteiger charge is 2.11. The van der Waals surface area contributed by atoms with Gasteiger partial charge in [0.25, 0.3) is 11.8 Å². The fourth-order valence-electron chi connectivity index (χ4n) is 2.28. The van der Waals surface area contributed by atoms with Crippen LogP contribution >= 0.6 is 0 Å². The third-order valence-corrected chi connectivity index (χ3v) is 3.43. The minimum atomic E-state index is -0.515. The molecule has 0 atom stereocenters. The maximum absolute atomic E-state index is 12.8. The lowest BCUT2D eigenvalue weighted by Gasteiger charge is -2.09. The molecule has 5 heteroatoms. The number of hydrazine groups is 1. The fraction of sp³-hybridized carbons (Fsp3) is 0. The molecule has 0 unspecified atom stereocenters. The number of hydrogen-bond acceptors (Lipinski definition) is 2. The standard InChI is InChI=1S/C18H13FN2O2/c19-14-10-8-13(9-11-14)17(22)20-21-18(23)16-7-3-5-12-4-1-2-6-15(12)16/h1-11H,(H,20,22)(H,21,23). The molecule has 2 N–H and O–H groups in total. The van der Waals surface area contributed by atoms with Crippen molar-refractivity contribution in [2.24, 2.45) is 0 Å². The van der Waals surface area contributed by atoms with Crippen LogP contribution in [0.3, 0.4) is 0 Å². The molecule has 0 aromatic heterocycles. The van der Waals surface area contributed by atoms with Gasteiger partial charge < -0.3 is 0 Å². The summed E-state index contributed by atoms with van der Waals surface area (Å²) >= 11 is 0. The molecular formula is C18H13FN2O2. The average molecular weight is 308 g/mol. The predicted molar refractivity (Wildman–Crippen MR) is 85.3 cm³/mol. The van der Waals surface area contributed by atoms with Crippen LogP contribution in [0.4, 0.5) is 4.39 Å². The van der Waals surface area contributed by atoms with Crippen LogP contribution in [0.1, 0.15) is 20.7 Å². The molecular weight excluding hydrogens is 295 g/mol. The van der Waals surface area contributed by atoms with E-state index in [1.807, 2.05) is 30.3 Å². The summed E-state index contributed by atoms with van der Waals surface area (Å²) in [7, 11) is 0. The molecule has 0 saturated carbocycles. The van der Waals surface area contributed by atoms with Crippen molar-refractivity contribution in [1.29, 1.82) is 0 Å². The second kappa shape index (κ2) is 6.27. The Morgan fingerprint density at radius 3 is 2.17 bits per heavy atom. The Morgan fingerprint density at radius 1 is 0.739 bits per heavy atom. The summed E-state index contributed by atoms with van der Waals surface area (Å²) in [6.07, 6.45) is 0. The van der Waals surface area contributed by atoms with Crippen LogP contribution in [0.25, 0.3) is 10.8 Å². The largest absolute Gasteiger partial charge is 0.270 e. The van der Waals surface area contributed by atoms with E-state index in [9.17, 15) is 14.0 Å². The molecule has 23 heavy (non-hydrogen) atoms. The second-order valence-corrected chi connectivity index (χ2v) is 4.94. The third-order valence-electron chi connectivity index (χ3n) is 3.43. The van der Waals surface area contributed by atoms with Gasteiger partial charge in [-0.3, -0.25) is 20.4 Å². The van der Waals surface area contributed by atoms with Gasteiger partial charge in [-0.25, -0.2) is 4.39 Å². The topological polar surface area (TPSA) is 58.2 Å². The van der Waals surface area contributed by atoms with Crippen molar-refractivity contribution < 1.29 is 14.0 Å². The number of benzene rings is 3. The van der Waals surface area contributed by atoms with E-state index in [0.717, 1.165) is 10.8 Å². The van der Waals surface area contributed by atoms with Gasteiger partial charge in [-0.05, 0) is 41.1 Å². The Hall–Kier alpha value is -3.21. The van der Waals surface area contributed by atoms with E-state index >= 15 is 0 Å². The Kier molecular flexibility index (Phi) is 4.01. The van der Waals surface area contributed by atoms with Crippen LogP contribution in [0.15, 0.2) is 66.7 Å². The SMILES string of the molecule is O=C(NNC(=O)c1cccc2ccccc12)c1ccc(F)cc1. The van der Waals surface area contributed by atoms with Crippen LogP contribution < -0.4 is 10.9 Å². The molecule has 114 valence electrons. The monoisotopic (exact) mass is 308 g/mol. The van der Waals surface area contributed by atoms with Crippen LogP contribution in [-0.4, -0.2) is 11.8 Å². The molecule has 0 saturated heterocycles. The number of carbonyl (C=O) groups excluding carboxylic acids is 2. The van der Waals surface area contributed by atoms with Gasteiger partial charge in [0.15, 0.2) is 0 Å². The van der Waals surface area contributed by atoms with Gasteiger partial charge in [-0.1, -0.05) is 36.4 Å². The quantitative estimate of drug-likeness (QED) is 0.715. The Morgan fingerprint density at radius 2 is 1.39 bits per heavy atom. The van der Waals surface area contributed by atoms with Crippen molar-refractivity contribution in [2.45, 2.75) is 0 Å². The molecule has 0 radical (unpaired) electrons. The highest BCUT2D eigenvalue weighted by molar-refractivity contribution is 6.07. The first-order valence-corrected chi connectivity index (χ1v) is 6.99. The van der Waals surface area contributed by atoms with Gasteiger partial charge in [-0.2, -0.15) is 0 Å². The molecule has 0 heterocycles. The highest BCUT2D eigenvalue weighted by atomic mass is 19.1. The highest BCUT2D eigenvalue weighted by Crippen LogP contribution is 2.18. The zero-order valence-corrected chi connectivity index (χ0v) is 12.0. The van der Waals surface area contributed by atoms with Crippen molar-refractivity contribution in [3.63, 3.8) is 0 Å². The lowest BCUT2D eigenvalue weighted by atomic mass is 10.0. The molecule has 0 aliphatic heterocycles. The summed E-state index contributed by atoms with van der Waals surface area (Å²) in [6.45, 7) is 0. The molecule has 2 amide bonds. The Bertz CT molecular complexity index is 870. The van der Waals surface area contributed by atoms with Gasteiger partial charge in [0.1, 0.15) is 5.82 Å². The van der Waals surface area contributed by atoms with Crippen molar-refractivity contribution in [2.75, 3.05) is 0 Å². The van der Waals surface area contributed by atoms with E-state index in [-0.39, 0.29) is 5.56 Å². The average Bonchev–Trinajstić information content (AvgIpc) is 2.59. The van der Waals surface area contributed by atoms with E-state index in [4.69, 9.17) is 0 Å². The first kappa shape index (κ1) is 14.7. The minimum Gasteiger partial charge on any atom is -0.267 e. The van der Waals surface area contributed by atoms with Crippen molar-refractivity contribution in [1.82, 2.24) is 10.9 Å². The second-order valence-electron chi connectivity index (χ2n) is 4.94. The zero-order valence-electron chi connectivity index (χ0n) is 12.0. The number of hydrogen-bond donors (Lipinski definition) is 2. The van der Waals surface area contributed by atoms with Crippen LogP contribution in [-0.2, 0) is 0 Å². The summed E-state index contributed by atoms with van der Waals surface area (Å²) in [4.78, 5) is 24.2. The van der Waals surface area contributed by atoms with Crippen molar-refractivity contribution >= 4 is 22.6 Å². The van der Waals surface area contributed by atoms with Crippen LogP contribution in [0, 0.1) is 5.82 Å². The van der Waals surface area contributed by atoms with Crippen LogP contribution in [0.5, 0.6) is 0 Å². The lowest BCUT2D eigenvalue weighted by Crippen LogP contribution is -2.41. The molecule has 3 aromatic carbocycles. The Labute approximate surface area is 131 Å². The fourth-order valence-corrected chi connectivity index (χ4v) is 2.28. The molecule has 3 aromatic rings. The number of nitrogens with one attached hydrogen (secondary N) is 2. The maximum atomic E-state index is 12.8. The van der Waals surface area contributed by atoms with Crippen molar-refractivity contribution in [3.8, 4) is 0 Å². The van der Waals surface area contributed by atoms with Gasteiger partial charge in [-0.15, -0.1) is 0 Å². The summed E-state index contributed by atoms with van der Waals surface area (Å²) in [5, 5.41) is 1.73. The van der Waals surface area contributed by atoms with E-state index in [2.05, 4.69) is 10.9 Å². The number of rotatable bonds is 2. The van der Waals surface area contributed by atoms with E-state index < -0.39 is 17.6 Å². The molecule has 4 nitrogen and oxygen atoms in total. The number of fused-ring (bicyclic) bond motifs is 1. The third kappa shape index (κ3) is 3.18. The molecule has 0 aliphatic rings. The maximum Gasteiger partial charge on any atom is 0.270 e. The normalized spacial score (nSPS) is 10.3. The van der Waals surface area contributed by atoms with Crippen LogP contribution in [0.2, 0.25) is 0 Å². The Balaban J connectivity index is 1.74. The summed E-state index contributed by atoms with van der Waals surface area (Å²) in [5.74, 6) is -1.36. The lowest BCUT2D eigenvalue weighted by molar-refractivity contribution is 0.0847. The molecule has 0 fully saturated rings. The molecule has 0 aliphatic carbocycles. The number of carbonyl (C=O) groups is 2. The van der Waals surface area contributed by atoms with Gasteiger partial charge >= 0.3 is 0 Å². The zero-order chi connectivity index (χ0) is 16.2. The van der Waals surface area contributed by atoms with E-state index in [0.29, 0.717) is 5.56 Å². The molecule has 0 bridgehead atoms. The molecule has 3 rings (SSSR count). The van der Waals surface area contributed by atoms with Gasteiger partial charge in [0, 0.05) is 11.1 Å². The number of amides is 2. The first-order valence-electron chi connectivity index (χ1n) is 6.99. The number of halogens is 1. The van der Waals surface area contributed by atoms with Crippen molar-refractivity contribution in [3.05, 3.63) is 83.7 Å². The van der Waals surface area contributed by atoms with Gasteiger partial charge in [0.2, 0.25) is 0 Å².